The number of aromatic nitrogens is 1. The highest BCUT2D eigenvalue weighted by Gasteiger charge is 2.15. The Kier molecular flexibility index (Phi) is 5.65. The van der Waals surface area contributed by atoms with Gasteiger partial charge in [-0.25, -0.2) is 18.1 Å². The highest BCUT2D eigenvalue weighted by Crippen LogP contribution is 2.16. The Morgan fingerprint density at radius 1 is 1.58 bits per heavy atom. The van der Waals surface area contributed by atoms with Gasteiger partial charge in [-0.2, -0.15) is 0 Å². The van der Waals surface area contributed by atoms with Crippen molar-refractivity contribution < 1.29 is 8.42 Å². The normalized spacial score (nSPS) is 13.2. The van der Waals surface area contributed by atoms with Crippen molar-refractivity contribution in [2.75, 3.05) is 13.6 Å². The number of allylic oxidation sites excluding steroid dienone is 1. The SMILES string of the molecule is C/C=C\C(CNS(=O)(=O)c1cnc(Cl)c(C)c1)=NC. The van der Waals surface area contributed by atoms with E-state index in [1.807, 2.05) is 6.92 Å². The first-order valence-corrected chi connectivity index (χ1v) is 7.47. The van der Waals surface area contributed by atoms with Gasteiger partial charge in [0.15, 0.2) is 0 Å². The van der Waals surface area contributed by atoms with Gasteiger partial charge in [-0.05, 0) is 31.6 Å². The fourth-order valence-electron chi connectivity index (χ4n) is 1.34. The van der Waals surface area contributed by atoms with E-state index in [4.69, 9.17) is 11.6 Å². The van der Waals surface area contributed by atoms with Crippen LogP contribution in [-0.4, -0.2) is 32.7 Å². The van der Waals surface area contributed by atoms with Gasteiger partial charge in [0.1, 0.15) is 10.0 Å². The number of nitrogens with one attached hydrogen (secondary N) is 1. The number of hydrogen-bond donors (Lipinski definition) is 1. The molecule has 0 unspecified atom stereocenters. The van der Waals surface area contributed by atoms with E-state index < -0.39 is 10.0 Å². The molecule has 0 aromatic carbocycles. The summed E-state index contributed by atoms with van der Waals surface area (Å²) in [5.41, 5.74) is 1.26. The summed E-state index contributed by atoms with van der Waals surface area (Å²) in [6.45, 7) is 3.67. The summed E-state index contributed by atoms with van der Waals surface area (Å²) in [4.78, 5) is 7.89. The largest absolute Gasteiger partial charge is 0.292 e. The highest BCUT2D eigenvalue weighted by molar-refractivity contribution is 7.89. The van der Waals surface area contributed by atoms with Gasteiger partial charge in [-0.3, -0.25) is 4.99 Å². The predicted molar refractivity (Wildman–Crippen MR) is 77.3 cm³/mol. The molecule has 5 nitrogen and oxygen atoms in total. The zero-order valence-electron chi connectivity index (χ0n) is 11.0. The first-order chi connectivity index (χ1) is 8.90. The first kappa shape index (κ1) is 15.8. The number of aryl methyl sites for hydroxylation is 1. The maximum absolute atomic E-state index is 12.0. The summed E-state index contributed by atoms with van der Waals surface area (Å²) in [7, 11) is -2.00. The van der Waals surface area contributed by atoms with Crippen molar-refractivity contribution in [2.24, 2.45) is 4.99 Å². The van der Waals surface area contributed by atoms with E-state index in [9.17, 15) is 8.42 Å². The highest BCUT2D eigenvalue weighted by atomic mass is 35.5. The van der Waals surface area contributed by atoms with Crippen molar-refractivity contribution in [3.05, 3.63) is 35.1 Å². The average molecular weight is 302 g/mol. The summed E-state index contributed by atoms with van der Waals surface area (Å²) < 4.78 is 26.6. The molecule has 1 aromatic rings. The van der Waals surface area contributed by atoms with Crippen LogP contribution in [0.2, 0.25) is 5.15 Å². The molecule has 0 radical (unpaired) electrons. The summed E-state index contributed by atoms with van der Waals surface area (Å²) in [5, 5.41) is 0.295. The van der Waals surface area contributed by atoms with Crippen LogP contribution in [0.3, 0.4) is 0 Å². The fraction of sp³-hybridized carbons (Fsp3) is 0.333. The maximum atomic E-state index is 12.0. The molecular weight excluding hydrogens is 286 g/mol. The van der Waals surface area contributed by atoms with Gasteiger partial charge in [0.25, 0.3) is 0 Å². The molecule has 0 saturated heterocycles. The number of sulfonamides is 1. The average Bonchev–Trinajstić information content (AvgIpc) is 2.37. The Labute approximate surface area is 118 Å². The van der Waals surface area contributed by atoms with Crippen molar-refractivity contribution in [2.45, 2.75) is 18.7 Å². The van der Waals surface area contributed by atoms with Crippen molar-refractivity contribution in [3.8, 4) is 0 Å². The van der Waals surface area contributed by atoms with Crippen LogP contribution in [0.25, 0.3) is 0 Å². The Hall–Kier alpha value is -1.24. The molecule has 0 aliphatic heterocycles. The Morgan fingerprint density at radius 3 is 2.79 bits per heavy atom. The third kappa shape index (κ3) is 4.41. The summed E-state index contributed by atoms with van der Waals surface area (Å²) in [6.07, 6.45) is 4.77. The summed E-state index contributed by atoms with van der Waals surface area (Å²) in [6, 6.07) is 1.48. The van der Waals surface area contributed by atoms with Crippen LogP contribution >= 0.6 is 11.6 Å². The van der Waals surface area contributed by atoms with Crippen molar-refractivity contribution >= 4 is 27.3 Å². The van der Waals surface area contributed by atoms with Crippen molar-refractivity contribution in [1.82, 2.24) is 9.71 Å². The maximum Gasteiger partial charge on any atom is 0.242 e. The molecule has 0 amide bonds. The molecule has 0 aliphatic rings. The molecule has 7 heteroatoms. The minimum Gasteiger partial charge on any atom is -0.292 e. The van der Waals surface area contributed by atoms with E-state index in [1.165, 1.54) is 12.3 Å². The van der Waals surface area contributed by atoms with E-state index in [2.05, 4.69) is 14.7 Å². The molecule has 0 atom stereocenters. The van der Waals surface area contributed by atoms with Gasteiger partial charge in [-0.1, -0.05) is 17.7 Å². The molecule has 1 N–H and O–H groups in total. The summed E-state index contributed by atoms with van der Waals surface area (Å²) >= 11 is 5.77. The number of halogens is 1. The lowest BCUT2D eigenvalue weighted by molar-refractivity contribution is 0.586. The monoisotopic (exact) mass is 301 g/mol. The third-order valence-electron chi connectivity index (χ3n) is 2.39. The summed E-state index contributed by atoms with van der Waals surface area (Å²) in [5.74, 6) is 0. The van der Waals surface area contributed by atoms with Gasteiger partial charge in [0.05, 0.1) is 6.54 Å². The lowest BCUT2D eigenvalue weighted by Gasteiger charge is -2.07. The second-order valence-electron chi connectivity index (χ2n) is 3.82. The van der Waals surface area contributed by atoms with Gasteiger partial charge in [-0.15, -0.1) is 0 Å². The number of pyridine rings is 1. The van der Waals surface area contributed by atoms with E-state index >= 15 is 0 Å². The van der Waals surface area contributed by atoms with E-state index in [0.29, 0.717) is 16.4 Å². The molecule has 1 heterocycles. The third-order valence-corrected chi connectivity index (χ3v) is 4.15. The number of rotatable bonds is 5. The smallest absolute Gasteiger partial charge is 0.242 e. The number of hydrogen-bond acceptors (Lipinski definition) is 4. The van der Waals surface area contributed by atoms with E-state index in [-0.39, 0.29) is 11.4 Å². The predicted octanol–water partition coefficient (Wildman–Crippen LogP) is 1.97. The number of aliphatic imine (C=N–C) groups is 1. The van der Waals surface area contributed by atoms with Crippen LogP contribution in [0, 0.1) is 6.92 Å². The zero-order chi connectivity index (χ0) is 14.5. The molecule has 0 saturated carbocycles. The molecule has 19 heavy (non-hydrogen) atoms. The van der Waals surface area contributed by atoms with Crippen LogP contribution in [-0.2, 0) is 10.0 Å². The minimum atomic E-state index is -3.61. The Balaban J connectivity index is 2.90. The van der Waals surface area contributed by atoms with Gasteiger partial charge in [0, 0.05) is 19.0 Å². The molecule has 0 bridgehead atoms. The molecule has 104 valence electrons. The van der Waals surface area contributed by atoms with Gasteiger partial charge in [0.2, 0.25) is 10.0 Å². The molecule has 0 fully saturated rings. The molecule has 1 rings (SSSR count). The van der Waals surface area contributed by atoms with Gasteiger partial charge < -0.3 is 0 Å². The topological polar surface area (TPSA) is 71.4 Å². The van der Waals surface area contributed by atoms with Crippen molar-refractivity contribution in [1.29, 1.82) is 0 Å². The fourth-order valence-corrected chi connectivity index (χ4v) is 2.47. The zero-order valence-corrected chi connectivity index (χ0v) is 12.6. The Bertz CT molecular complexity index is 609. The first-order valence-electron chi connectivity index (χ1n) is 5.61. The molecule has 0 aliphatic carbocycles. The standard InChI is InChI=1S/C12H16ClN3O2S/c1-4-5-10(14-3)7-16-19(17,18)11-6-9(2)12(13)15-8-11/h4-6,8,16H,7H2,1-3H3/b5-4-,14-10?. The van der Waals surface area contributed by atoms with Crippen molar-refractivity contribution in [3.63, 3.8) is 0 Å². The second-order valence-corrected chi connectivity index (χ2v) is 5.94. The Morgan fingerprint density at radius 2 is 2.26 bits per heavy atom. The van der Waals surface area contributed by atoms with Crippen LogP contribution in [0.4, 0.5) is 0 Å². The molecule has 0 spiro atoms. The second kappa shape index (κ2) is 6.79. The number of nitrogens with zero attached hydrogens (tertiary/aromatic N) is 2. The lowest BCUT2D eigenvalue weighted by atomic mass is 10.3. The minimum absolute atomic E-state index is 0.0883. The quantitative estimate of drug-likeness (QED) is 0.667. The van der Waals surface area contributed by atoms with Crippen LogP contribution in [0.5, 0.6) is 0 Å². The van der Waals surface area contributed by atoms with Gasteiger partial charge >= 0.3 is 0 Å². The van der Waals surface area contributed by atoms with E-state index in [1.54, 1.807) is 26.1 Å². The van der Waals surface area contributed by atoms with Crippen LogP contribution in [0.1, 0.15) is 12.5 Å². The van der Waals surface area contributed by atoms with Crippen LogP contribution < -0.4 is 4.72 Å². The van der Waals surface area contributed by atoms with Crippen LogP contribution in [0.15, 0.2) is 34.3 Å². The van der Waals surface area contributed by atoms with E-state index in [0.717, 1.165) is 0 Å². The molecular formula is C12H16ClN3O2S. The molecule has 1 aromatic heterocycles. The lowest BCUT2D eigenvalue weighted by Crippen LogP contribution is -2.29.